The van der Waals surface area contributed by atoms with Gasteiger partial charge in [-0.25, -0.2) is 0 Å². The van der Waals surface area contributed by atoms with E-state index in [1.54, 1.807) is 0 Å². The van der Waals surface area contributed by atoms with Gasteiger partial charge >= 0.3 is 0 Å². The third kappa shape index (κ3) is 6.56. The molecule has 22 heavy (non-hydrogen) atoms. The van der Waals surface area contributed by atoms with Gasteiger partial charge in [0, 0.05) is 18.3 Å². The van der Waals surface area contributed by atoms with Gasteiger partial charge in [-0.05, 0) is 11.8 Å². The summed E-state index contributed by atoms with van der Waals surface area (Å²) in [7, 11) is 0. The van der Waals surface area contributed by atoms with Crippen molar-refractivity contribution in [2.45, 2.75) is 72.3 Å². The zero-order valence-electron chi connectivity index (χ0n) is 14.6. The van der Waals surface area contributed by atoms with Gasteiger partial charge in [0.15, 0.2) is 5.82 Å². The number of hydrogen-bond acceptors (Lipinski definition) is 5. The molecule has 0 saturated heterocycles. The van der Waals surface area contributed by atoms with E-state index in [0.29, 0.717) is 18.1 Å². The Morgan fingerprint density at radius 2 is 1.91 bits per heavy atom. The first kappa shape index (κ1) is 18.6. The fraction of sp³-hybridized carbons (Fsp3) is 0.812. The Kier molecular flexibility index (Phi) is 6.11. The minimum Gasteiger partial charge on any atom is -0.394 e. The number of aryl methyl sites for hydroxylation is 1. The predicted molar refractivity (Wildman–Crippen MR) is 84.4 cm³/mol. The maximum Gasteiger partial charge on any atom is 0.227 e. The lowest BCUT2D eigenvalue weighted by molar-refractivity contribution is -0.122. The van der Waals surface area contributed by atoms with E-state index >= 15 is 0 Å². The Hall–Kier alpha value is -1.43. The third-order valence-corrected chi connectivity index (χ3v) is 3.15. The molecule has 126 valence electrons. The molecule has 1 aromatic heterocycles. The number of aliphatic hydroxyl groups excluding tert-OH is 1. The molecule has 1 amide bonds. The van der Waals surface area contributed by atoms with Gasteiger partial charge in [0.1, 0.15) is 0 Å². The lowest BCUT2D eigenvalue weighted by atomic mass is 9.88. The molecule has 1 aromatic rings. The van der Waals surface area contributed by atoms with Crippen LogP contribution >= 0.6 is 0 Å². The first-order chi connectivity index (χ1) is 10.0. The van der Waals surface area contributed by atoms with Crippen LogP contribution in [0.25, 0.3) is 0 Å². The van der Waals surface area contributed by atoms with Crippen LogP contribution in [0.1, 0.15) is 66.1 Å². The van der Waals surface area contributed by atoms with Crippen LogP contribution in [-0.2, 0) is 16.6 Å². The van der Waals surface area contributed by atoms with Gasteiger partial charge in [-0.2, -0.15) is 4.98 Å². The van der Waals surface area contributed by atoms with Crippen LogP contribution in [0.4, 0.5) is 0 Å². The number of aromatic nitrogens is 2. The van der Waals surface area contributed by atoms with Gasteiger partial charge in [-0.3, -0.25) is 4.79 Å². The molecule has 0 aliphatic heterocycles. The summed E-state index contributed by atoms with van der Waals surface area (Å²) < 4.78 is 5.16. The van der Waals surface area contributed by atoms with Crippen molar-refractivity contribution in [2.75, 3.05) is 6.61 Å². The van der Waals surface area contributed by atoms with E-state index < -0.39 is 0 Å². The summed E-state index contributed by atoms with van der Waals surface area (Å²) >= 11 is 0. The Bertz CT molecular complexity index is 484. The Morgan fingerprint density at radius 3 is 2.36 bits per heavy atom. The van der Waals surface area contributed by atoms with Crippen LogP contribution in [0.5, 0.6) is 0 Å². The number of amides is 1. The van der Waals surface area contributed by atoms with E-state index in [0.717, 1.165) is 6.42 Å². The summed E-state index contributed by atoms with van der Waals surface area (Å²) in [5.74, 6) is 0.999. The maximum atomic E-state index is 12.0. The topological polar surface area (TPSA) is 88.2 Å². The van der Waals surface area contributed by atoms with Crippen molar-refractivity contribution < 1.29 is 14.4 Å². The molecule has 1 rings (SSSR count). The van der Waals surface area contributed by atoms with Crippen molar-refractivity contribution in [3.63, 3.8) is 0 Å². The van der Waals surface area contributed by atoms with Gasteiger partial charge in [0.2, 0.25) is 11.8 Å². The van der Waals surface area contributed by atoms with Crippen LogP contribution in [0.3, 0.4) is 0 Å². The molecule has 1 unspecified atom stereocenters. The van der Waals surface area contributed by atoms with Crippen LogP contribution in [0.15, 0.2) is 4.52 Å². The second-order valence-corrected chi connectivity index (χ2v) is 7.97. The van der Waals surface area contributed by atoms with Crippen molar-refractivity contribution in [3.8, 4) is 0 Å². The number of nitrogens with one attached hydrogen (secondary N) is 1. The highest BCUT2D eigenvalue weighted by molar-refractivity contribution is 5.76. The Morgan fingerprint density at radius 1 is 1.27 bits per heavy atom. The normalized spacial score (nSPS) is 14.0. The molecule has 0 aromatic carbocycles. The molecule has 6 heteroatoms. The molecule has 0 spiro atoms. The number of nitrogens with zero attached hydrogens (tertiary/aromatic N) is 2. The molecule has 2 N–H and O–H groups in total. The molecule has 1 heterocycles. The highest BCUT2D eigenvalue weighted by Gasteiger charge is 2.22. The van der Waals surface area contributed by atoms with Crippen molar-refractivity contribution in [1.82, 2.24) is 15.5 Å². The number of hydrogen-bond donors (Lipinski definition) is 2. The average molecular weight is 311 g/mol. The van der Waals surface area contributed by atoms with Crippen molar-refractivity contribution in [2.24, 2.45) is 5.41 Å². The molecule has 0 radical (unpaired) electrons. The largest absolute Gasteiger partial charge is 0.394 e. The van der Waals surface area contributed by atoms with Gasteiger partial charge in [0.25, 0.3) is 0 Å². The van der Waals surface area contributed by atoms with E-state index in [4.69, 9.17) is 4.52 Å². The molecule has 6 nitrogen and oxygen atoms in total. The molecule has 1 atom stereocenters. The fourth-order valence-corrected chi connectivity index (χ4v) is 2.08. The third-order valence-electron chi connectivity index (χ3n) is 3.15. The average Bonchev–Trinajstić information content (AvgIpc) is 2.82. The Labute approximate surface area is 132 Å². The van der Waals surface area contributed by atoms with Crippen LogP contribution in [-0.4, -0.2) is 33.8 Å². The molecule has 0 fully saturated rings. The van der Waals surface area contributed by atoms with Crippen molar-refractivity contribution in [3.05, 3.63) is 11.7 Å². The highest BCUT2D eigenvalue weighted by Crippen LogP contribution is 2.21. The lowest BCUT2D eigenvalue weighted by Gasteiger charge is -2.25. The van der Waals surface area contributed by atoms with E-state index in [-0.39, 0.29) is 35.8 Å². The highest BCUT2D eigenvalue weighted by atomic mass is 16.5. The Balaban J connectivity index is 2.47. The number of carbonyl (C=O) groups excluding carboxylic acids is 1. The smallest absolute Gasteiger partial charge is 0.227 e. The standard InChI is InChI=1S/C16H29N3O3/c1-15(2,3)9-11(10-20)17-12(21)7-8-13-18-14(19-22-13)16(4,5)6/h11,20H,7-10H2,1-6H3,(H,17,21). The van der Waals surface area contributed by atoms with Gasteiger partial charge < -0.3 is 14.9 Å². The summed E-state index contributed by atoms with van der Waals surface area (Å²) in [4.78, 5) is 16.3. The summed E-state index contributed by atoms with van der Waals surface area (Å²) in [6.45, 7) is 12.2. The van der Waals surface area contributed by atoms with E-state index in [9.17, 15) is 9.90 Å². The second kappa shape index (κ2) is 7.22. The van der Waals surface area contributed by atoms with Gasteiger partial charge in [-0.15, -0.1) is 0 Å². The lowest BCUT2D eigenvalue weighted by Crippen LogP contribution is -2.40. The predicted octanol–water partition coefficient (Wildman–Crippen LogP) is 2.21. The minimum absolute atomic E-state index is 0.0504. The quantitative estimate of drug-likeness (QED) is 0.841. The summed E-state index contributed by atoms with van der Waals surface area (Å²) in [6.07, 6.45) is 1.40. The van der Waals surface area contributed by atoms with Crippen molar-refractivity contribution >= 4 is 5.91 Å². The summed E-state index contributed by atoms with van der Waals surface area (Å²) in [5, 5.41) is 16.1. The molecular formula is C16H29N3O3. The van der Waals surface area contributed by atoms with E-state index in [1.807, 2.05) is 20.8 Å². The first-order valence-corrected chi connectivity index (χ1v) is 7.74. The van der Waals surface area contributed by atoms with Crippen molar-refractivity contribution in [1.29, 1.82) is 0 Å². The molecule has 0 bridgehead atoms. The first-order valence-electron chi connectivity index (χ1n) is 7.74. The summed E-state index contributed by atoms with van der Waals surface area (Å²) in [5.41, 5.74) is -0.118. The SMILES string of the molecule is CC(C)(C)CC(CO)NC(=O)CCc1nc(C(C)(C)C)no1. The molecule has 0 aliphatic carbocycles. The van der Waals surface area contributed by atoms with Crippen LogP contribution < -0.4 is 5.32 Å². The minimum atomic E-state index is -0.222. The van der Waals surface area contributed by atoms with Crippen LogP contribution in [0, 0.1) is 5.41 Å². The van der Waals surface area contributed by atoms with E-state index in [1.165, 1.54) is 0 Å². The molecule has 0 aliphatic rings. The molecular weight excluding hydrogens is 282 g/mol. The van der Waals surface area contributed by atoms with Crippen LogP contribution in [0.2, 0.25) is 0 Å². The van der Waals surface area contributed by atoms with Gasteiger partial charge in [0.05, 0.1) is 12.6 Å². The maximum absolute atomic E-state index is 12.0. The number of aliphatic hydroxyl groups is 1. The summed E-state index contributed by atoms with van der Waals surface area (Å²) in [6, 6.07) is -0.222. The van der Waals surface area contributed by atoms with Gasteiger partial charge in [-0.1, -0.05) is 46.7 Å². The van der Waals surface area contributed by atoms with E-state index in [2.05, 4.69) is 36.2 Å². The fourth-order valence-electron chi connectivity index (χ4n) is 2.08. The molecule has 0 saturated carbocycles. The zero-order valence-corrected chi connectivity index (χ0v) is 14.6. The monoisotopic (exact) mass is 311 g/mol. The second-order valence-electron chi connectivity index (χ2n) is 7.97. The zero-order chi connectivity index (χ0) is 17.0. The number of carbonyl (C=O) groups is 1. The number of rotatable bonds is 6.